The van der Waals surface area contributed by atoms with Gasteiger partial charge in [0.1, 0.15) is 12.7 Å². The summed E-state index contributed by atoms with van der Waals surface area (Å²) in [5.74, 6) is -0.960. The van der Waals surface area contributed by atoms with Crippen LogP contribution in [0, 0.1) is 0 Å². The number of phosphoric ester groups is 1. The highest BCUT2D eigenvalue weighted by molar-refractivity contribution is 7.47. The molecule has 0 aromatic carbocycles. The van der Waals surface area contributed by atoms with Crippen LogP contribution < -0.4 is 0 Å². The Kier molecular flexibility index (Phi) is 39.6. The van der Waals surface area contributed by atoms with Gasteiger partial charge >= 0.3 is 19.8 Å². The van der Waals surface area contributed by atoms with Crippen molar-refractivity contribution in [1.29, 1.82) is 0 Å². The molecular weight excluding hydrogens is 731 g/mol. The lowest BCUT2D eigenvalue weighted by Gasteiger charge is -2.20. The van der Waals surface area contributed by atoms with Gasteiger partial charge in [0, 0.05) is 12.8 Å². The molecule has 11 heteroatoms. The zero-order valence-electron chi connectivity index (χ0n) is 35.3. The zero-order chi connectivity index (χ0) is 41.2. The number of esters is 2. The predicted octanol–water partition coefficient (Wildman–Crippen LogP) is 11.7. The summed E-state index contributed by atoms with van der Waals surface area (Å²) in [6.45, 7) is 2.31. The van der Waals surface area contributed by atoms with Gasteiger partial charge in [-0.3, -0.25) is 18.6 Å². The van der Waals surface area contributed by atoms with Crippen LogP contribution in [0.25, 0.3) is 0 Å². The predicted molar refractivity (Wildman–Crippen MR) is 228 cm³/mol. The first kappa shape index (κ1) is 53.9. The molecule has 0 aromatic heterocycles. The molecule has 0 bridgehead atoms. The Bertz CT molecular complexity index is 1070. The van der Waals surface area contributed by atoms with Gasteiger partial charge in [-0.2, -0.15) is 0 Å². The normalized spacial score (nSPS) is 14.3. The number of unbranched alkanes of at least 4 members (excludes halogenated alkanes) is 19. The van der Waals surface area contributed by atoms with E-state index in [1.165, 1.54) is 70.6 Å². The number of hydrogen-bond donors (Lipinski definition) is 3. The summed E-state index contributed by atoms with van der Waals surface area (Å²) in [4.78, 5) is 35.0. The van der Waals surface area contributed by atoms with Crippen molar-refractivity contribution in [2.24, 2.45) is 0 Å². The summed E-state index contributed by atoms with van der Waals surface area (Å²) in [6.07, 6.45) is 43.6. The molecule has 0 aliphatic rings. The van der Waals surface area contributed by atoms with Crippen molar-refractivity contribution in [2.75, 3.05) is 26.4 Å². The van der Waals surface area contributed by atoms with Crippen LogP contribution in [0.3, 0.4) is 0 Å². The number of ether oxygens (including phenoxy) is 2. The summed E-state index contributed by atoms with van der Waals surface area (Å²) in [7, 11) is -4.63. The summed E-state index contributed by atoms with van der Waals surface area (Å²) < 4.78 is 32.7. The number of phosphoric acid groups is 1. The smallest absolute Gasteiger partial charge is 0.462 e. The fourth-order valence-electron chi connectivity index (χ4n) is 5.76. The molecule has 0 amide bonds. The van der Waals surface area contributed by atoms with Crippen LogP contribution in [0.4, 0.5) is 0 Å². The number of hydrogen-bond acceptors (Lipinski definition) is 9. The lowest BCUT2D eigenvalue weighted by atomic mass is 10.1. The Morgan fingerprint density at radius 3 is 1.45 bits per heavy atom. The number of allylic oxidation sites excluding steroid dienone is 8. The molecule has 0 aliphatic carbocycles. The Labute approximate surface area is 341 Å². The SMILES string of the molecule is CCCCC/C=C\C/C=C\C/C=C\CCCCCCC(=O)OC[C@H](COP(=O)(O)OC[C@@H](O)CO)OC(=O)CCCCCCC/C=C\CCCCCCCCC. The maximum Gasteiger partial charge on any atom is 0.472 e. The second kappa shape index (κ2) is 41.1. The van der Waals surface area contributed by atoms with Gasteiger partial charge in [0.05, 0.1) is 19.8 Å². The van der Waals surface area contributed by atoms with Crippen molar-refractivity contribution in [3.63, 3.8) is 0 Å². The highest BCUT2D eigenvalue weighted by Crippen LogP contribution is 2.43. The molecule has 3 atom stereocenters. The first-order valence-electron chi connectivity index (χ1n) is 22.1. The molecule has 0 saturated heterocycles. The number of carbonyl (C=O) groups excluding carboxylic acids is 2. The molecular formula is C45H81O10P. The third kappa shape index (κ3) is 40.1. The molecule has 0 radical (unpaired) electrons. The highest BCUT2D eigenvalue weighted by atomic mass is 31.2. The molecule has 0 rings (SSSR count). The molecule has 10 nitrogen and oxygen atoms in total. The molecule has 326 valence electrons. The second-order valence-corrected chi connectivity index (χ2v) is 16.2. The van der Waals surface area contributed by atoms with Crippen molar-refractivity contribution >= 4 is 19.8 Å². The molecule has 0 heterocycles. The van der Waals surface area contributed by atoms with Gasteiger partial charge in [0.25, 0.3) is 0 Å². The van der Waals surface area contributed by atoms with Crippen LogP contribution in [0.15, 0.2) is 48.6 Å². The van der Waals surface area contributed by atoms with Crippen molar-refractivity contribution in [2.45, 2.75) is 199 Å². The summed E-state index contributed by atoms with van der Waals surface area (Å²) in [5.41, 5.74) is 0. The molecule has 0 aliphatic heterocycles. The van der Waals surface area contributed by atoms with Gasteiger partial charge < -0.3 is 24.6 Å². The minimum atomic E-state index is -4.63. The van der Waals surface area contributed by atoms with Crippen LogP contribution in [0.5, 0.6) is 0 Å². The van der Waals surface area contributed by atoms with Crippen molar-refractivity contribution in [3.05, 3.63) is 48.6 Å². The van der Waals surface area contributed by atoms with Crippen molar-refractivity contribution in [1.82, 2.24) is 0 Å². The van der Waals surface area contributed by atoms with E-state index < -0.39 is 51.8 Å². The van der Waals surface area contributed by atoms with Crippen LogP contribution in [-0.2, 0) is 32.7 Å². The Morgan fingerprint density at radius 1 is 0.536 bits per heavy atom. The van der Waals surface area contributed by atoms with E-state index in [9.17, 15) is 24.2 Å². The van der Waals surface area contributed by atoms with Crippen molar-refractivity contribution < 1.29 is 47.8 Å². The maximum atomic E-state index is 12.6. The highest BCUT2D eigenvalue weighted by Gasteiger charge is 2.27. The average Bonchev–Trinajstić information content (AvgIpc) is 3.19. The second-order valence-electron chi connectivity index (χ2n) is 14.7. The molecule has 56 heavy (non-hydrogen) atoms. The number of aliphatic hydroxyl groups is 2. The van der Waals surface area contributed by atoms with E-state index in [0.717, 1.165) is 77.0 Å². The third-order valence-electron chi connectivity index (χ3n) is 9.21. The van der Waals surface area contributed by atoms with E-state index in [0.29, 0.717) is 12.8 Å². The molecule has 0 spiro atoms. The fraction of sp³-hybridized carbons (Fsp3) is 0.778. The van der Waals surface area contributed by atoms with E-state index in [4.69, 9.17) is 19.1 Å². The monoisotopic (exact) mass is 813 g/mol. The van der Waals surface area contributed by atoms with Gasteiger partial charge in [-0.05, 0) is 77.0 Å². The molecule has 3 N–H and O–H groups in total. The summed E-state index contributed by atoms with van der Waals surface area (Å²) in [6, 6.07) is 0. The third-order valence-corrected chi connectivity index (χ3v) is 10.2. The molecule has 0 aromatic rings. The first-order valence-corrected chi connectivity index (χ1v) is 23.6. The van der Waals surface area contributed by atoms with Gasteiger partial charge in [-0.25, -0.2) is 4.57 Å². The number of carbonyl (C=O) groups is 2. The fourth-order valence-corrected chi connectivity index (χ4v) is 6.55. The lowest BCUT2D eigenvalue weighted by molar-refractivity contribution is -0.161. The van der Waals surface area contributed by atoms with Crippen LogP contribution >= 0.6 is 7.82 Å². The van der Waals surface area contributed by atoms with Gasteiger partial charge in [0.15, 0.2) is 6.10 Å². The van der Waals surface area contributed by atoms with Crippen LogP contribution in [-0.4, -0.2) is 65.7 Å². The summed E-state index contributed by atoms with van der Waals surface area (Å²) in [5, 5.41) is 18.3. The van der Waals surface area contributed by atoms with Crippen molar-refractivity contribution in [3.8, 4) is 0 Å². The van der Waals surface area contributed by atoms with Crippen LogP contribution in [0.2, 0.25) is 0 Å². The number of aliphatic hydroxyl groups excluding tert-OH is 2. The maximum absolute atomic E-state index is 12.6. The minimum absolute atomic E-state index is 0.168. The quantitative estimate of drug-likeness (QED) is 0.0236. The Balaban J connectivity index is 4.35. The topological polar surface area (TPSA) is 149 Å². The average molecular weight is 813 g/mol. The van der Waals surface area contributed by atoms with Gasteiger partial charge in [-0.1, -0.05) is 146 Å². The lowest BCUT2D eigenvalue weighted by Crippen LogP contribution is -2.29. The van der Waals surface area contributed by atoms with E-state index in [-0.39, 0.29) is 19.4 Å². The van der Waals surface area contributed by atoms with E-state index in [1.807, 2.05) is 0 Å². The number of rotatable bonds is 41. The minimum Gasteiger partial charge on any atom is -0.462 e. The standard InChI is InChI=1S/C45H81O10P/c1-3-5-7-9-11-13-15-17-19-21-23-24-26-28-30-32-34-36-44(48)52-40-43(41-54-56(50,51)53-39-42(47)38-46)55-45(49)37-35-33-31-29-27-25-22-20-18-16-14-12-10-8-6-4-2/h11,13,17,19-20,22-24,42-43,46-47H,3-10,12,14-16,18,21,25-41H2,1-2H3,(H,50,51)/b13-11-,19-17-,22-20-,24-23-/t42-,43+/m0/s1. The largest absolute Gasteiger partial charge is 0.472 e. The molecule has 1 unspecified atom stereocenters. The summed E-state index contributed by atoms with van der Waals surface area (Å²) >= 11 is 0. The Hall–Kier alpha value is -2.07. The van der Waals surface area contributed by atoms with E-state index in [2.05, 4.69) is 67.0 Å². The van der Waals surface area contributed by atoms with E-state index >= 15 is 0 Å². The zero-order valence-corrected chi connectivity index (χ0v) is 36.2. The van der Waals surface area contributed by atoms with Gasteiger partial charge in [0.2, 0.25) is 0 Å². The Morgan fingerprint density at radius 2 is 0.929 bits per heavy atom. The van der Waals surface area contributed by atoms with E-state index in [1.54, 1.807) is 0 Å². The molecule has 0 fully saturated rings. The first-order chi connectivity index (χ1) is 27.2. The molecule has 0 saturated carbocycles. The van der Waals surface area contributed by atoms with Crippen LogP contribution in [0.1, 0.15) is 187 Å². The van der Waals surface area contributed by atoms with Gasteiger partial charge in [-0.15, -0.1) is 0 Å².